The fourth-order valence-electron chi connectivity index (χ4n) is 1.94. The maximum Gasteiger partial charge on any atom is 0.277 e. The lowest BCUT2D eigenvalue weighted by Crippen LogP contribution is -2.24. The molecule has 0 atom stereocenters. The van der Waals surface area contributed by atoms with Crippen molar-refractivity contribution >= 4 is 23.7 Å². The molecule has 0 saturated carbocycles. The van der Waals surface area contributed by atoms with Crippen molar-refractivity contribution in [3.8, 4) is 5.75 Å². The number of amides is 1. The van der Waals surface area contributed by atoms with Crippen LogP contribution in [0.5, 0.6) is 5.75 Å². The second-order valence-corrected chi connectivity index (χ2v) is 5.39. The number of carbonyl (C=O) groups excluding carboxylic acids is 1. The number of aryl methyl sites for hydroxylation is 2. The van der Waals surface area contributed by atoms with Gasteiger partial charge in [-0.15, -0.1) is 0 Å². The summed E-state index contributed by atoms with van der Waals surface area (Å²) in [7, 11) is 0. The Bertz CT molecular complexity index is 727. The molecule has 4 nitrogen and oxygen atoms in total. The van der Waals surface area contributed by atoms with Crippen molar-refractivity contribution in [2.75, 3.05) is 6.61 Å². The van der Waals surface area contributed by atoms with E-state index in [4.69, 9.17) is 16.3 Å². The number of carbonyl (C=O) groups is 1. The van der Waals surface area contributed by atoms with Gasteiger partial charge in [0.25, 0.3) is 5.91 Å². The fraction of sp³-hybridized carbons (Fsp3) is 0.176. The van der Waals surface area contributed by atoms with Gasteiger partial charge in [-0.25, -0.2) is 9.82 Å². The molecule has 0 radical (unpaired) electrons. The van der Waals surface area contributed by atoms with Crippen molar-refractivity contribution < 1.29 is 13.9 Å². The summed E-state index contributed by atoms with van der Waals surface area (Å²) in [4.78, 5) is 11.7. The van der Waals surface area contributed by atoms with Gasteiger partial charge in [0.05, 0.1) is 11.2 Å². The molecule has 0 spiro atoms. The number of rotatable bonds is 5. The Labute approximate surface area is 138 Å². The van der Waals surface area contributed by atoms with E-state index in [0.717, 1.165) is 17.3 Å². The van der Waals surface area contributed by atoms with Gasteiger partial charge in [0.1, 0.15) is 11.6 Å². The number of halogens is 2. The van der Waals surface area contributed by atoms with Crippen LogP contribution in [0.4, 0.5) is 4.39 Å². The summed E-state index contributed by atoms with van der Waals surface area (Å²) in [5.74, 6) is -0.331. The van der Waals surface area contributed by atoms with Crippen molar-refractivity contribution in [1.29, 1.82) is 0 Å². The van der Waals surface area contributed by atoms with Crippen LogP contribution in [0.3, 0.4) is 0 Å². The first-order valence-corrected chi connectivity index (χ1v) is 7.31. The van der Waals surface area contributed by atoms with Crippen LogP contribution in [-0.2, 0) is 4.79 Å². The summed E-state index contributed by atoms with van der Waals surface area (Å²) >= 11 is 5.85. The number of nitrogens with one attached hydrogen (secondary N) is 1. The van der Waals surface area contributed by atoms with E-state index in [1.54, 1.807) is 6.07 Å². The third-order valence-electron chi connectivity index (χ3n) is 3.07. The maximum absolute atomic E-state index is 13.5. The molecule has 23 heavy (non-hydrogen) atoms. The van der Waals surface area contributed by atoms with E-state index in [-0.39, 0.29) is 17.2 Å². The third kappa shape index (κ3) is 4.79. The predicted octanol–water partition coefficient (Wildman–Crippen LogP) is 3.63. The van der Waals surface area contributed by atoms with E-state index < -0.39 is 11.7 Å². The Morgan fingerprint density at radius 1 is 1.35 bits per heavy atom. The van der Waals surface area contributed by atoms with Crippen LogP contribution in [0.2, 0.25) is 5.02 Å². The van der Waals surface area contributed by atoms with Crippen LogP contribution in [-0.4, -0.2) is 18.7 Å². The van der Waals surface area contributed by atoms with E-state index in [9.17, 15) is 9.18 Å². The van der Waals surface area contributed by atoms with Crippen molar-refractivity contribution in [1.82, 2.24) is 5.43 Å². The van der Waals surface area contributed by atoms with Crippen LogP contribution in [0, 0.1) is 19.7 Å². The Morgan fingerprint density at radius 3 is 2.83 bits per heavy atom. The first kappa shape index (κ1) is 17.0. The lowest BCUT2D eigenvalue weighted by atomic mass is 10.1. The summed E-state index contributed by atoms with van der Waals surface area (Å²) in [5.41, 5.74) is 4.44. The smallest absolute Gasteiger partial charge is 0.277 e. The SMILES string of the molecule is Cc1ccc(OCC(=O)NN=Cc2c(F)cccc2Cl)c(C)c1. The zero-order chi connectivity index (χ0) is 16.8. The average molecular weight is 335 g/mol. The van der Waals surface area contributed by atoms with Gasteiger partial charge in [-0.2, -0.15) is 5.10 Å². The molecular weight excluding hydrogens is 319 g/mol. The molecule has 120 valence electrons. The monoisotopic (exact) mass is 334 g/mol. The molecule has 6 heteroatoms. The molecule has 0 aliphatic carbocycles. The van der Waals surface area contributed by atoms with Crippen molar-refractivity contribution in [2.45, 2.75) is 13.8 Å². The van der Waals surface area contributed by atoms with E-state index >= 15 is 0 Å². The van der Waals surface area contributed by atoms with Gasteiger partial charge >= 0.3 is 0 Å². The number of hydrogen-bond acceptors (Lipinski definition) is 3. The molecule has 0 saturated heterocycles. The topological polar surface area (TPSA) is 50.7 Å². The average Bonchev–Trinajstić information content (AvgIpc) is 2.49. The third-order valence-corrected chi connectivity index (χ3v) is 3.40. The zero-order valence-electron chi connectivity index (χ0n) is 12.8. The molecule has 2 aromatic rings. The van der Waals surface area contributed by atoms with Gasteiger partial charge in [0.2, 0.25) is 0 Å². The lowest BCUT2D eigenvalue weighted by molar-refractivity contribution is -0.123. The standard InChI is InChI=1S/C17H16ClFN2O2/c1-11-6-7-16(12(2)8-11)23-10-17(22)21-20-9-13-14(18)4-3-5-15(13)19/h3-9H,10H2,1-2H3,(H,21,22). The van der Waals surface area contributed by atoms with Gasteiger partial charge < -0.3 is 4.74 Å². The van der Waals surface area contributed by atoms with Crippen molar-refractivity contribution in [2.24, 2.45) is 5.10 Å². The number of hydrazone groups is 1. The van der Waals surface area contributed by atoms with Crippen LogP contribution in [0.1, 0.15) is 16.7 Å². The fourth-order valence-corrected chi connectivity index (χ4v) is 2.15. The summed E-state index contributed by atoms with van der Waals surface area (Å²) in [6, 6.07) is 9.96. The molecule has 0 heterocycles. The molecule has 2 rings (SSSR count). The minimum absolute atomic E-state index is 0.116. The molecule has 0 aromatic heterocycles. The molecule has 0 aliphatic rings. The van der Waals surface area contributed by atoms with Crippen LogP contribution in [0.15, 0.2) is 41.5 Å². The second-order valence-electron chi connectivity index (χ2n) is 4.99. The summed E-state index contributed by atoms with van der Waals surface area (Å²) in [5, 5.41) is 3.90. The molecule has 0 unspecified atom stereocenters. The molecule has 0 aliphatic heterocycles. The molecule has 1 amide bonds. The number of ether oxygens (including phenoxy) is 1. The Hall–Kier alpha value is -2.40. The molecule has 0 bridgehead atoms. The largest absolute Gasteiger partial charge is 0.483 e. The molecular formula is C17H16ClFN2O2. The van der Waals surface area contributed by atoms with Gasteiger partial charge in [-0.1, -0.05) is 35.4 Å². The summed E-state index contributed by atoms with van der Waals surface area (Å²) in [6.45, 7) is 3.69. The number of benzene rings is 2. The molecule has 0 fully saturated rings. The number of hydrogen-bond donors (Lipinski definition) is 1. The van der Waals surface area contributed by atoms with Gasteiger partial charge in [-0.3, -0.25) is 4.79 Å². The highest BCUT2D eigenvalue weighted by atomic mass is 35.5. The van der Waals surface area contributed by atoms with E-state index in [2.05, 4.69) is 10.5 Å². The van der Waals surface area contributed by atoms with Crippen molar-refractivity contribution in [3.05, 3.63) is 63.9 Å². The number of nitrogens with zero attached hydrogens (tertiary/aromatic N) is 1. The summed E-state index contributed by atoms with van der Waals surface area (Å²) < 4.78 is 18.9. The highest BCUT2D eigenvalue weighted by molar-refractivity contribution is 6.33. The van der Waals surface area contributed by atoms with Gasteiger partial charge in [0.15, 0.2) is 6.61 Å². The lowest BCUT2D eigenvalue weighted by Gasteiger charge is -2.08. The first-order chi connectivity index (χ1) is 11.0. The Morgan fingerprint density at radius 2 is 2.13 bits per heavy atom. The van der Waals surface area contributed by atoms with Gasteiger partial charge in [-0.05, 0) is 37.6 Å². The molecule has 2 aromatic carbocycles. The second kappa shape index (κ2) is 7.74. The first-order valence-electron chi connectivity index (χ1n) is 6.93. The van der Waals surface area contributed by atoms with Crippen LogP contribution in [0.25, 0.3) is 0 Å². The quantitative estimate of drug-likeness (QED) is 0.670. The summed E-state index contributed by atoms with van der Waals surface area (Å²) in [6.07, 6.45) is 1.16. The van der Waals surface area contributed by atoms with Crippen LogP contribution >= 0.6 is 11.6 Å². The highest BCUT2D eigenvalue weighted by Crippen LogP contribution is 2.18. The maximum atomic E-state index is 13.5. The Kier molecular flexibility index (Phi) is 5.71. The highest BCUT2D eigenvalue weighted by Gasteiger charge is 2.06. The van der Waals surface area contributed by atoms with E-state index in [1.807, 2.05) is 26.0 Å². The van der Waals surface area contributed by atoms with Gasteiger partial charge in [0, 0.05) is 5.56 Å². The minimum Gasteiger partial charge on any atom is -0.483 e. The predicted molar refractivity (Wildman–Crippen MR) is 88.6 cm³/mol. The normalized spacial score (nSPS) is 10.8. The van der Waals surface area contributed by atoms with E-state index in [1.165, 1.54) is 18.2 Å². The zero-order valence-corrected chi connectivity index (χ0v) is 13.5. The Balaban J connectivity index is 1.89. The minimum atomic E-state index is -0.512. The van der Waals surface area contributed by atoms with Crippen molar-refractivity contribution in [3.63, 3.8) is 0 Å². The van der Waals surface area contributed by atoms with E-state index in [0.29, 0.717) is 5.75 Å². The van der Waals surface area contributed by atoms with Crippen LogP contribution < -0.4 is 10.2 Å². The molecule has 1 N–H and O–H groups in total.